The van der Waals surface area contributed by atoms with E-state index in [0.29, 0.717) is 11.3 Å². The second kappa shape index (κ2) is 14.6. The number of carbonyl (C=O) groups is 3. The van der Waals surface area contributed by atoms with Crippen LogP contribution in [0.2, 0.25) is 20.1 Å². The smallest absolute Gasteiger partial charge is 0.326 e. The van der Waals surface area contributed by atoms with E-state index in [1.165, 1.54) is 30.6 Å². The van der Waals surface area contributed by atoms with Crippen LogP contribution in [0.3, 0.4) is 0 Å². The van der Waals surface area contributed by atoms with E-state index in [1.54, 1.807) is 24.3 Å². The standard InChI is InChI=1S/C32H26Cl4N4O6S/c33-21-12-22(34)14-24(13-21)47(45,46)40-17-20(19-4-2-1-3-5-19)11-28(40)30(41)39-27(32(43)44)10-18-6-8-23(9-7-18)38-31(42)29-25(35)15-37-16-26(29)36/h1-9,12-16,20,27-28H,10-11,17H2,(H,38,42)(H,39,41)(H,43,44)/t20-,27-,28?/m0/s1. The molecule has 1 saturated heterocycles. The van der Waals surface area contributed by atoms with E-state index in [1.807, 2.05) is 30.3 Å². The summed E-state index contributed by atoms with van der Waals surface area (Å²) < 4.78 is 28.8. The Balaban J connectivity index is 1.34. The first-order valence-electron chi connectivity index (χ1n) is 14.1. The minimum atomic E-state index is -4.27. The second-order valence-electron chi connectivity index (χ2n) is 10.8. The van der Waals surface area contributed by atoms with Crippen LogP contribution < -0.4 is 10.6 Å². The van der Waals surface area contributed by atoms with Gasteiger partial charge >= 0.3 is 5.97 Å². The summed E-state index contributed by atoms with van der Waals surface area (Å²) in [7, 11) is -4.27. The molecule has 1 aliphatic rings. The molecule has 2 heterocycles. The van der Waals surface area contributed by atoms with Gasteiger partial charge in [0, 0.05) is 41.1 Å². The third-order valence-electron chi connectivity index (χ3n) is 7.62. The Labute approximate surface area is 290 Å². The molecule has 15 heteroatoms. The molecule has 3 atom stereocenters. The van der Waals surface area contributed by atoms with E-state index in [9.17, 15) is 27.9 Å². The van der Waals surface area contributed by atoms with E-state index in [-0.39, 0.29) is 55.9 Å². The summed E-state index contributed by atoms with van der Waals surface area (Å²) in [4.78, 5) is 42.3. The van der Waals surface area contributed by atoms with Crippen LogP contribution in [0.25, 0.3) is 0 Å². The Morgan fingerprint density at radius 3 is 2.13 bits per heavy atom. The number of aliphatic carboxylic acids is 1. The molecule has 2 amide bonds. The Morgan fingerprint density at radius 2 is 1.53 bits per heavy atom. The van der Waals surface area contributed by atoms with Gasteiger partial charge in [0.1, 0.15) is 12.1 Å². The Kier molecular flexibility index (Phi) is 10.7. The first-order valence-corrected chi connectivity index (χ1v) is 17.0. The third kappa shape index (κ3) is 8.06. The predicted octanol–water partition coefficient (Wildman–Crippen LogP) is 6.31. The molecule has 5 rings (SSSR count). The fraction of sp³-hybridized carbons (Fsp3) is 0.188. The van der Waals surface area contributed by atoms with E-state index < -0.39 is 39.9 Å². The number of amides is 2. The molecule has 0 saturated carbocycles. The zero-order valence-corrected chi connectivity index (χ0v) is 28.1. The van der Waals surface area contributed by atoms with Gasteiger partial charge in [0.2, 0.25) is 15.9 Å². The van der Waals surface area contributed by atoms with Gasteiger partial charge in [0.15, 0.2) is 0 Å². The number of hydrogen-bond donors (Lipinski definition) is 3. The van der Waals surface area contributed by atoms with Crippen molar-refractivity contribution in [2.75, 3.05) is 11.9 Å². The van der Waals surface area contributed by atoms with Crippen molar-refractivity contribution in [1.82, 2.24) is 14.6 Å². The highest BCUT2D eigenvalue weighted by atomic mass is 35.5. The topological polar surface area (TPSA) is 146 Å². The number of pyridine rings is 1. The van der Waals surface area contributed by atoms with Crippen molar-refractivity contribution >= 4 is 79.9 Å². The molecule has 1 fully saturated rings. The number of nitrogens with one attached hydrogen (secondary N) is 2. The summed E-state index contributed by atoms with van der Waals surface area (Å²) >= 11 is 24.3. The van der Waals surface area contributed by atoms with Crippen LogP contribution >= 0.6 is 46.4 Å². The average Bonchev–Trinajstić information content (AvgIpc) is 3.48. The number of carbonyl (C=O) groups excluding carboxylic acids is 2. The Hall–Kier alpha value is -3.71. The molecule has 244 valence electrons. The molecule has 0 aliphatic carbocycles. The number of rotatable bonds is 10. The molecule has 0 radical (unpaired) electrons. The van der Waals surface area contributed by atoms with Crippen molar-refractivity contribution in [2.24, 2.45) is 0 Å². The molecule has 4 aromatic rings. The molecule has 0 spiro atoms. The van der Waals surface area contributed by atoms with Crippen LogP contribution in [-0.2, 0) is 26.0 Å². The van der Waals surface area contributed by atoms with Crippen LogP contribution in [0.5, 0.6) is 0 Å². The molecular formula is C32H26Cl4N4O6S. The summed E-state index contributed by atoms with van der Waals surface area (Å²) in [6, 6.07) is 16.7. The average molecular weight is 736 g/mol. The monoisotopic (exact) mass is 734 g/mol. The SMILES string of the molecule is O=C(Nc1ccc(C[C@H](NC(=O)C2C[C@H](c3ccccc3)CN2S(=O)(=O)c2cc(Cl)cc(Cl)c2)C(=O)O)cc1)c1c(Cl)cncc1Cl. The third-order valence-corrected chi connectivity index (χ3v) is 10.5. The van der Waals surface area contributed by atoms with Crippen LogP contribution in [0.1, 0.15) is 33.8 Å². The first-order chi connectivity index (χ1) is 22.3. The highest BCUT2D eigenvalue weighted by molar-refractivity contribution is 7.89. The summed E-state index contributed by atoms with van der Waals surface area (Å²) in [5.41, 5.74) is 1.81. The number of benzene rings is 3. The summed E-state index contributed by atoms with van der Waals surface area (Å²) in [6.45, 7) is -0.0184. The van der Waals surface area contributed by atoms with Gasteiger partial charge in [-0.15, -0.1) is 0 Å². The number of carboxylic acid groups (broad SMARTS) is 1. The van der Waals surface area contributed by atoms with Crippen molar-refractivity contribution in [3.05, 3.63) is 122 Å². The lowest BCUT2D eigenvalue weighted by atomic mass is 9.96. The quantitative estimate of drug-likeness (QED) is 0.173. The predicted molar refractivity (Wildman–Crippen MR) is 180 cm³/mol. The maximum absolute atomic E-state index is 13.8. The first kappa shape index (κ1) is 34.6. The van der Waals surface area contributed by atoms with Gasteiger partial charge in [0.05, 0.1) is 20.5 Å². The fourth-order valence-corrected chi connectivity index (χ4v) is 8.25. The molecule has 1 aromatic heterocycles. The molecule has 47 heavy (non-hydrogen) atoms. The lowest BCUT2D eigenvalue weighted by molar-refractivity contribution is -0.142. The number of sulfonamides is 1. The summed E-state index contributed by atoms with van der Waals surface area (Å²) in [5.74, 6) is -2.97. The van der Waals surface area contributed by atoms with Gasteiger partial charge in [-0.05, 0) is 53.8 Å². The molecule has 3 N–H and O–H groups in total. The molecule has 1 unspecified atom stereocenters. The number of halogens is 4. The lowest BCUT2D eigenvalue weighted by Crippen LogP contribution is -2.51. The van der Waals surface area contributed by atoms with Crippen molar-refractivity contribution in [3.63, 3.8) is 0 Å². The van der Waals surface area contributed by atoms with Crippen LogP contribution in [0, 0.1) is 0 Å². The summed E-state index contributed by atoms with van der Waals surface area (Å²) in [6.07, 6.45) is 2.58. The molecule has 1 aliphatic heterocycles. The zero-order valence-electron chi connectivity index (χ0n) is 24.2. The molecule has 3 aromatic carbocycles. The highest BCUT2D eigenvalue weighted by Gasteiger charge is 2.45. The van der Waals surface area contributed by atoms with E-state index in [4.69, 9.17) is 46.4 Å². The number of carboxylic acids is 1. The fourth-order valence-electron chi connectivity index (χ4n) is 5.34. The van der Waals surface area contributed by atoms with E-state index >= 15 is 0 Å². The van der Waals surface area contributed by atoms with Gasteiger partial charge in [-0.25, -0.2) is 13.2 Å². The zero-order chi connectivity index (χ0) is 33.9. The Morgan fingerprint density at radius 1 is 0.915 bits per heavy atom. The van der Waals surface area contributed by atoms with Crippen molar-refractivity contribution in [3.8, 4) is 0 Å². The number of nitrogens with zero attached hydrogens (tertiary/aromatic N) is 2. The number of hydrogen-bond acceptors (Lipinski definition) is 6. The highest BCUT2D eigenvalue weighted by Crippen LogP contribution is 2.37. The molecule has 0 bridgehead atoms. The van der Waals surface area contributed by atoms with Gasteiger partial charge in [-0.1, -0.05) is 88.9 Å². The van der Waals surface area contributed by atoms with Gasteiger partial charge in [-0.3, -0.25) is 14.6 Å². The van der Waals surface area contributed by atoms with Crippen LogP contribution in [-0.4, -0.2) is 59.2 Å². The van der Waals surface area contributed by atoms with Crippen LogP contribution in [0.4, 0.5) is 5.69 Å². The lowest BCUT2D eigenvalue weighted by Gasteiger charge is -2.25. The van der Waals surface area contributed by atoms with Gasteiger partial charge in [-0.2, -0.15) is 4.31 Å². The molecule has 10 nitrogen and oxygen atoms in total. The van der Waals surface area contributed by atoms with Crippen molar-refractivity contribution in [2.45, 2.75) is 35.7 Å². The van der Waals surface area contributed by atoms with Crippen molar-refractivity contribution in [1.29, 1.82) is 0 Å². The number of anilines is 1. The molecular weight excluding hydrogens is 710 g/mol. The van der Waals surface area contributed by atoms with E-state index in [0.717, 1.165) is 9.87 Å². The normalized spacial score (nSPS) is 17.2. The Bertz CT molecular complexity index is 1890. The minimum Gasteiger partial charge on any atom is -0.480 e. The maximum Gasteiger partial charge on any atom is 0.326 e. The number of aromatic nitrogens is 1. The second-order valence-corrected chi connectivity index (χ2v) is 14.3. The summed E-state index contributed by atoms with van der Waals surface area (Å²) in [5, 5.41) is 15.6. The van der Waals surface area contributed by atoms with Gasteiger partial charge in [0.25, 0.3) is 5.91 Å². The maximum atomic E-state index is 13.8. The largest absolute Gasteiger partial charge is 0.480 e. The van der Waals surface area contributed by atoms with Gasteiger partial charge < -0.3 is 15.7 Å². The van der Waals surface area contributed by atoms with Crippen molar-refractivity contribution < 1.29 is 27.9 Å². The van der Waals surface area contributed by atoms with Crippen LogP contribution in [0.15, 0.2) is 90.1 Å². The minimum absolute atomic E-state index is 0.0184. The van der Waals surface area contributed by atoms with E-state index in [2.05, 4.69) is 15.6 Å².